The molecule has 23 heavy (non-hydrogen) atoms. The van der Waals surface area contributed by atoms with E-state index in [1.807, 2.05) is 37.4 Å². The van der Waals surface area contributed by atoms with Crippen LogP contribution in [0.3, 0.4) is 0 Å². The van der Waals surface area contributed by atoms with Gasteiger partial charge in [0.2, 0.25) is 10.0 Å². The molecule has 0 spiro atoms. The number of aromatic nitrogens is 1. The van der Waals surface area contributed by atoms with Crippen molar-refractivity contribution in [3.8, 4) is 0 Å². The summed E-state index contributed by atoms with van der Waals surface area (Å²) in [6.45, 7) is 1.96. The van der Waals surface area contributed by atoms with Gasteiger partial charge in [-0.25, -0.2) is 13.1 Å². The Bertz CT molecular complexity index is 917. The molecule has 1 unspecified atom stereocenters. The zero-order valence-electron chi connectivity index (χ0n) is 12.6. The predicted molar refractivity (Wildman–Crippen MR) is 93.1 cm³/mol. The van der Waals surface area contributed by atoms with E-state index in [0.29, 0.717) is 11.4 Å². The van der Waals surface area contributed by atoms with E-state index in [0.717, 1.165) is 16.5 Å². The minimum absolute atomic E-state index is 0.209. The van der Waals surface area contributed by atoms with E-state index in [1.165, 1.54) is 12.1 Å². The third kappa shape index (κ3) is 3.27. The van der Waals surface area contributed by atoms with Crippen LogP contribution in [0.1, 0.15) is 24.9 Å². The average Bonchev–Trinajstić information content (AvgIpc) is 2.97. The summed E-state index contributed by atoms with van der Waals surface area (Å²) < 4.78 is 27.9. The number of sulfonamides is 1. The number of rotatable bonds is 5. The lowest BCUT2D eigenvalue weighted by Gasteiger charge is -2.17. The molecule has 0 aliphatic carbocycles. The second kappa shape index (κ2) is 6.35. The van der Waals surface area contributed by atoms with Gasteiger partial charge in [0.1, 0.15) is 0 Å². The molecule has 2 N–H and O–H groups in total. The van der Waals surface area contributed by atoms with Crippen molar-refractivity contribution in [2.24, 2.45) is 0 Å². The third-order valence-corrected chi connectivity index (χ3v) is 5.57. The van der Waals surface area contributed by atoms with Gasteiger partial charge in [-0.2, -0.15) is 0 Å². The summed E-state index contributed by atoms with van der Waals surface area (Å²) in [5, 5.41) is 1.53. The summed E-state index contributed by atoms with van der Waals surface area (Å²) in [6, 6.07) is 13.7. The number of para-hydroxylation sites is 1. The van der Waals surface area contributed by atoms with Crippen molar-refractivity contribution >= 4 is 32.5 Å². The zero-order valence-corrected chi connectivity index (χ0v) is 14.2. The number of hydrogen-bond donors (Lipinski definition) is 2. The third-order valence-electron chi connectivity index (χ3n) is 3.83. The number of halogens is 1. The van der Waals surface area contributed by atoms with Crippen LogP contribution in [0.25, 0.3) is 10.9 Å². The lowest BCUT2D eigenvalue weighted by atomic mass is 10.0. The molecule has 6 heteroatoms. The minimum Gasteiger partial charge on any atom is -0.361 e. The molecule has 0 saturated carbocycles. The van der Waals surface area contributed by atoms with Gasteiger partial charge >= 0.3 is 0 Å². The molecule has 0 bridgehead atoms. The van der Waals surface area contributed by atoms with Crippen molar-refractivity contribution in [3.63, 3.8) is 0 Å². The van der Waals surface area contributed by atoms with Gasteiger partial charge in [-0.15, -0.1) is 0 Å². The first kappa shape index (κ1) is 16.1. The number of hydrogen-bond acceptors (Lipinski definition) is 2. The highest BCUT2D eigenvalue weighted by molar-refractivity contribution is 7.89. The largest absolute Gasteiger partial charge is 0.361 e. The van der Waals surface area contributed by atoms with E-state index >= 15 is 0 Å². The highest BCUT2D eigenvalue weighted by Gasteiger charge is 2.22. The molecule has 1 aromatic heterocycles. The number of aromatic amines is 1. The average molecular weight is 349 g/mol. The molecule has 0 aliphatic rings. The van der Waals surface area contributed by atoms with Crippen LogP contribution >= 0.6 is 11.6 Å². The van der Waals surface area contributed by atoms with Crippen molar-refractivity contribution in [1.82, 2.24) is 9.71 Å². The second-order valence-corrected chi connectivity index (χ2v) is 7.48. The molecule has 120 valence electrons. The number of H-pyrrole nitrogens is 1. The number of fused-ring (bicyclic) bond motifs is 1. The summed E-state index contributed by atoms with van der Waals surface area (Å²) in [5.74, 6) is 0. The van der Waals surface area contributed by atoms with Crippen LogP contribution in [0.15, 0.2) is 59.6 Å². The summed E-state index contributed by atoms with van der Waals surface area (Å²) in [5.41, 5.74) is 1.94. The summed E-state index contributed by atoms with van der Waals surface area (Å²) in [7, 11) is -3.61. The number of nitrogens with one attached hydrogen (secondary N) is 2. The molecular formula is C17H17ClN2O2S. The molecule has 0 amide bonds. The van der Waals surface area contributed by atoms with Gasteiger partial charge in [0.25, 0.3) is 0 Å². The van der Waals surface area contributed by atoms with Crippen molar-refractivity contribution in [1.29, 1.82) is 0 Å². The van der Waals surface area contributed by atoms with Crippen LogP contribution in [-0.2, 0) is 10.0 Å². The van der Waals surface area contributed by atoms with Gasteiger partial charge in [0.15, 0.2) is 0 Å². The van der Waals surface area contributed by atoms with Gasteiger partial charge < -0.3 is 4.98 Å². The van der Waals surface area contributed by atoms with Crippen molar-refractivity contribution in [2.45, 2.75) is 24.3 Å². The zero-order chi connectivity index (χ0) is 16.4. The van der Waals surface area contributed by atoms with Crippen LogP contribution in [0.5, 0.6) is 0 Å². The molecule has 0 radical (unpaired) electrons. The van der Waals surface area contributed by atoms with Crippen molar-refractivity contribution in [2.75, 3.05) is 0 Å². The van der Waals surface area contributed by atoms with Crippen molar-refractivity contribution in [3.05, 3.63) is 65.3 Å². The lowest BCUT2D eigenvalue weighted by Crippen LogP contribution is -2.28. The minimum atomic E-state index is -3.61. The molecule has 0 aliphatic heterocycles. The quantitative estimate of drug-likeness (QED) is 0.724. The molecule has 4 nitrogen and oxygen atoms in total. The van der Waals surface area contributed by atoms with Crippen LogP contribution in [0.2, 0.25) is 5.02 Å². The SMILES string of the molecule is CCC(NS(=O)(=O)c1ccc(Cl)cc1)c1c[nH]c2ccccc12. The molecule has 2 aromatic carbocycles. The maximum Gasteiger partial charge on any atom is 0.241 e. The topological polar surface area (TPSA) is 62.0 Å². The maximum absolute atomic E-state index is 12.6. The summed E-state index contributed by atoms with van der Waals surface area (Å²) >= 11 is 5.82. The van der Waals surface area contributed by atoms with Gasteiger partial charge in [-0.05, 0) is 42.3 Å². The summed E-state index contributed by atoms with van der Waals surface area (Å²) in [4.78, 5) is 3.39. The summed E-state index contributed by atoms with van der Waals surface area (Å²) in [6.07, 6.45) is 2.51. The van der Waals surface area contributed by atoms with E-state index in [9.17, 15) is 8.42 Å². The fourth-order valence-electron chi connectivity index (χ4n) is 2.62. The maximum atomic E-state index is 12.6. The van der Waals surface area contributed by atoms with Crippen LogP contribution in [0.4, 0.5) is 0 Å². The molecule has 0 fully saturated rings. The Morgan fingerprint density at radius 2 is 1.83 bits per heavy atom. The standard InChI is InChI=1S/C17H17ClN2O2S/c1-2-16(15-11-19-17-6-4-3-5-14(15)17)20-23(21,22)13-9-7-12(18)8-10-13/h3-11,16,19-20H,2H2,1H3. The lowest BCUT2D eigenvalue weighted by molar-refractivity contribution is 0.551. The number of benzene rings is 2. The molecule has 3 rings (SSSR count). The monoisotopic (exact) mass is 348 g/mol. The van der Waals surface area contributed by atoms with Crippen LogP contribution < -0.4 is 4.72 Å². The van der Waals surface area contributed by atoms with E-state index in [-0.39, 0.29) is 10.9 Å². The van der Waals surface area contributed by atoms with Gasteiger partial charge in [-0.3, -0.25) is 0 Å². The Kier molecular flexibility index (Phi) is 4.43. The fraction of sp³-hybridized carbons (Fsp3) is 0.176. The van der Waals surface area contributed by atoms with Crippen molar-refractivity contribution < 1.29 is 8.42 Å². The molecule has 0 saturated heterocycles. The Balaban J connectivity index is 1.94. The Morgan fingerprint density at radius 1 is 1.13 bits per heavy atom. The van der Waals surface area contributed by atoms with Gasteiger partial charge in [0.05, 0.1) is 4.90 Å². The normalized spacial score (nSPS) is 13.3. The smallest absolute Gasteiger partial charge is 0.241 e. The highest BCUT2D eigenvalue weighted by atomic mass is 35.5. The van der Waals surface area contributed by atoms with Gasteiger partial charge in [0, 0.05) is 28.2 Å². The molecule has 1 atom stereocenters. The molecule has 1 heterocycles. The molecular weight excluding hydrogens is 332 g/mol. The van der Waals surface area contributed by atoms with E-state index in [1.54, 1.807) is 12.1 Å². The Labute approximate surface area is 140 Å². The van der Waals surface area contributed by atoms with Crippen LogP contribution in [0, 0.1) is 0 Å². The van der Waals surface area contributed by atoms with E-state index in [4.69, 9.17) is 11.6 Å². The highest BCUT2D eigenvalue weighted by Crippen LogP contribution is 2.27. The first-order valence-electron chi connectivity index (χ1n) is 7.35. The Morgan fingerprint density at radius 3 is 2.52 bits per heavy atom. The fourth-order valence-corrected chi connectivity index (χ4v) is 4.04. The predicted octanol–water partition coefficient (Wildman–Crippen LogP) is 4.25. The van der Waals surface area contributed by atoms with E-state index < -0.39 is 10.0 Å². The Hall–Kier alpha value is -1.82. The first-order chi connectivity index (χ1) is 11.0. The first-order valence-corrected chi connectivity index (χ1v) is 9.21. The second-order valence-electron chi connectivity index (χ2n) is 5.33. The van der Waals surface area contributed by atoms with Crippen LogP contribution in [-0.4, -0.2) is 13.4 Å². The van der Waals surface area contributed by atoms with E-state index in [2.05, 4.69) is 9.71 Å². The van der Waals surface area contributed by atoms with Gasteiger partial charge in [-0.1, -0.05) is 36.7 Å². The molecule has 3 aromatic rings.